The molecule has 86 valence electrons. The third-order valence-electron chi connectivity index (χ3n) is 2.38. The van der Waals surface area contributed by atoms with Crippen LogP contribution in [0.15, 0.2) is 0 Å². The van der Waals surface area contributed by atoms with Gasteiger partial charge in [0.15, 0.2) is 0 Å². The number of aliphatic carboxylic acids is 1. The van der Waals surface area contributed by atoms with Gasteiger partial charge in [-0.3, -0.25) is 9.59 Å². The van der Waals surface area contributed by atoms with Gasteiger partial charge in [-0.15, -0.1) is 0 Å². The van der Waals surface area contributed by atoms with E-state index >= 15 is 0 Å². The van der Waals surface area contributed by atoms with Crippen molar-refractivity contribution in [3.05, 3.63) is 0 Å². The van der Waals surface area contributed by atoms with Crippen molar-refractivity contribution in [2.24, 2.45) is 5.92 Å². The lowest BCUT2D eigenvalue weighted by atomic mass is 10.3. The number of carbonyl (C=O) groups is 2. The van der Waals surface area contributed by atoms with Crippen LogP contribution in [0.1, 0.15) is 12.8 Å². The summed E-state index contributed by atoms with van der Waals surface area (Å²) >= 11 is 0. The fourth-order valence-electron chi connectivity index (χ4n) is 1.34. The van der Waals surface area contributed by atoms with E-state index in [0.29, 0.717) is 13.1 Å². The summed E-state index contributed by atoms with van der Waals surface area (Å²) in [5.74, 6) is -0.853. The Kier molecular flexibility index (Phi) is 4.08. The van der Waals surface area contributed by atoms with E-state index in [1.165, 1.54) is 4.90 Å². The number of rotatable bonds is 6. The van der Waals surface area contributed by atoms with Crippen molar-refractivity contribution in [1.82, 2.24) is 9.80 Å². The first kappa shape index (κ1) is 12.0. The van der Waals surface area contributed by atoms with Crippen LogP contribution >= 0.6 is 0 Å². The second-order valence-corrected chi connectivity index (χ2v) is 4.23. The van der Waals surface area contributed by atoms with E-state index in [4.69, 9.17) is 5.11 Å². The van der Waals surface area contributed by atoms with Crippen LogP contribution in [0.3, 0.4) is 0 Å². The fourth-order valence-corrected chi connectivity index (χ4v) is 1.34. The van der Waals surface area contributed by atoms with E-state index < -0.39 is 5.97 Å². The van der Waals surface area contributed by atoms with Crippen molar-refractivity contribution in [2.75, 3.05) is 33.7 Å². The lowest BCUT2D eigenvalue weighted by molar-refractivity contribution is -0.145. The first-order valence-corrected chi connectivity index (χ1v) is 5.16. The number of carbonyl (C=O) groups excluding carboxylic acids is 1. The zero-order chi connectivity index (χ0) is 11.4. The summed E-state index contributed by atoms with van der Waals surface area (Å²) in [7, 11) is 3.81. The highest BCUT2D eigenvalue weighted by atomic mass is 16.4. The average molecular weight is 214 g/mol. The summed E-state index contributed by atoms with van der Waals surface area (Å²) < 4.78 is 0. The Bertz CT molecular complexity index is 249. The van der Waals surface area contributed by atoms with Crippen molar-refractivity contribution >= 4 is 11.9 Å². The Labute approximate surface area is 89.7 Å². The maximum absolute atomic E-state index is 11.7. The third-order valence-corrected chi connectivity index (χ3v) is 2.38. The number of amides is 1. The second-order valence-electron chi connectivity index (χ2n) is 4.23. The highest BCUT2D eigenvalue weighted by Crippen LogP contribution is 2.30. The van der Waals surface area contributed by atoms with Gasteiger partial charge in [0.1, 0.15) is 6.54 Å². The van der Waals surface area contributed by atoms with Crippen molar-refractivity contribution in [2.45, 2.75) is 12.8 Å². The smallest absolute Gasteiger partial charge is 0.323 e. The predicted molar refractivity (Wildman–Crippen MR) is 55.5 cm³/mol. The van der Waals surface area contributed by atoms with Crippen LogP contribution in [0.2, 0.25) is 0 Å². The van der Waals surface area contributed by atoms with Gasteiger partial charge < -0.3 is 14.9 Å². The van der Waals surface area contributed by atoms with Crippen LogP contribution in [0.5, 0.6) is 0 Å². The molecule has 15 heavy (non-hydrogen) atoms. The average Bonchev–Trinajstić information content (AvgIpc) is 2.93. The molecule has 0 atom stereocenters. The van der Waals surface area contributed by atoms with Crippen LogP contribution in [0, 0.1) is 5.92 Å². The second kappa shape index (κ2) is 5.11. The van der Waals surface area contributed by atoms with Crippen LogP contribution in [-0.4, -0.2) is 60.5 Å². The molecule has 1 amide bonds. The van der Waals surface area contributed by atoms with Crippen molar-refractivity contribution in [3.8, 4) is 0 Å². The molecule has 0 aliphatic heterocycles. The molecule has 0 spiro atoms. The number of carboxylic acids is 1. The minimum absolute atomic E-state index is 0.000694. The lowest BCUT2D eigenvalue weighted by Gasteiger charge is -2.22. The fraction of sp³-hybridized carbons (Fsp3) is 0.800. The van der Waals surface area contributed by atoms with Gasteiger partial charge in [0.25, 0.3) is 0 Å². The Morgan fingerprint density at radius 1 is 1.27 bits per heavy atom. The molecule has 0 saturated heterocycles. The number of nitrogens with zero attached hydrogens (tertiary/aromatic N) is 2. The van der Waals surface area contributed by atoms with Gasteiger partial charge in [-0.2, -0.15) is 0 Å². The normalized spacial score (nSPS) is 15.4. The van der Waals surface area contributed by atoms with Crippen LogP contribution in [0.4, 0.5) is 0 Å². The molecule has 0 unspecified atom stereocenters. The Balaban J connectivity index is 2.43. The van der Waals surface area contributed by atoms with Gasteiger partial charge in [0.05, 0.1) is 0 Å². The van der Waals surface area contributed by atoms with Crippen LogP contribution in [0.25, 0.3) is 0 Å². The van der Waals surface area contributed by atoms with E-state index in [1.54, 1.807) is 0 Å². The summed E-state index contributed by atoms with van der Waals surface area (Å²) in [5.41, 5.74) is 0. The van der Waals surface area contributed by atoms with Crippen molar-refractivity contribution in [3.63, 3.8) is 0 Å². The van der Waals surface area contributed by atoms with Gasteiger partial charge in [-0.1, -0.05) is 0 Å². The summed E-state index contributed by atoms with van der Waals surface area (Å²) in [6.07, 6.45) is 1.83. The first-order chi connectivity index (χ1) is 7.00. The molecular formula is C10H18N2O3. The summed E-state index contributed by atoms with van der Waals surface area (Å²) in [5, 5.41) is 8.69. The van der Waals surface area contributed by atoms with E-state index in [2.05, 4.69) is 0 Å². The first-order valence-electron chi connectivity index (χ1n) is 5.16. The third kappa shape index (κ3) is 4.29. The van der Waals surface area contributed by atoms with Gasteiger partial charge in [0, 0.05) is 19.0 Å². The van der Waals surface area contributed by atoms with Crippen LogP contribution < -0.4 is 0 Å². The standard InChI is InChI=1S/C10H18N2O3/c1-11(2)5-6-12(7-9(13)14)10(15)8-3-4-8/h8H,3-7H2,1-2H3,(H,13,14). The van der Waals surface area contributed by atoms with Gasteiger partial charge in [0.2, 0.25) is 5.91 Å². The van der Waals surface area contributed by atoms with E-state index in [-0.39, 0.29) is 18.4 Å². The number of hydrogen-bond donors (Lipinski definition) is 1. The van der Waals surface area contributed by atoms with Gasteiger partial charge in [-0.25, -0.2) is 0 Å². The molecule has 0 aromatic carbocycles. The van der Waals surface area contributed by atoms with Crippen LogP contribution in [-0.2, 0) is 9.59 Å². The SMILES string of the molecule is CN(C)CCN(CC(=O)O)C(=O)C1CC1. The summed E-state index contributed by atoms with van der Waals surface area (Å²) in [6.45, 7) is 1.02. The number of carboxylic acid groups (broad SMARTS) is 1. The molecule has 5 nitrogen and oxygen atoms in total. The molecule has 0 aromatic heterocycles. The van der Waals surface area contributed by atoms with E-state index in [1.807, 2.05) is 19.0 Å². The topological polar surface area (TPSA) is 60.9 Å². The molecule has 1 fully saturated rings. The number of likely N-dealkylation sites (N-methyl/N-ethyl adjacent to an activating group) is 1. The molecule has 0 bridgehead atoms. The minimum Gasteiger partial charge on any atom is -0.480 e. The molecule has 1 aliphatic rings. The molecule has 0 heterocycles. The lowest BCUT2D eigenvalue weighted by Crippen LogP contribution is -2.40. The molecule has 0 radical (unpaired) electrons. The van der Waals surface area contributed by atoms with Gasteiger partial charge >= 0.3 is 5.97 Å². The molecule has 5 heteroatoms. The largest absolute Gasteiger partial charge is 0.480 e. The molecule has 1 saturated carbocycles. The zero-order valence-electron chi connectivity index (χ0n) is 9.27. The van der Waals surface area contributed by atoms with Gasteiger partial charge in [-0.05, 0) is 26.9 Å². The number of hydrogen-bond acceptors (Lipinski definition) is 3. The highest BCUT2D eigenvalue weighted by Gasteiger charge is 2.33. The van der Waals surface area contributed by atoms with E-state index in [0.717, 1.165) is 12.8 Å². The quantitative estimate of drug-likeness (QED) is 0.669. The minimum atomic E-state index is -0.942. The Morgan fingerprint density at radius 3 is 2.27 bits per heavy atom. The molecular weight excluding hydrogens is 196 g/mol. The predicted octanol–water partition coefficient (Wildman–Crippen LogP) is -0.129. The molecule has 1 N–H and O–H groups in total. The molecule has 1 aliphatic carbocycles. The maximum Gasteiger partial charge on any atom is 0.323 e. The van der Waals surface area contributed by atoms with Crippen molar-refractivity contribution in [1.29, 1.82) is 0 Å². The highest BCUT2D eigenvalue weighted by molar-refractivity contribution is 5.84. The maximum atomic E-state index is 11.7. The molecule has 0 aromatic rings. The summed E-state index contributed by atoms with van der Waals surface area (Å²) in [6, 6.07) is 0. The Hall–Kier alpha value is -1.10. The zero-order valence-corrected chi connectivity index (χ0v) is 9.27. The monoisotopic (exact) mass is 214 g/mol. The van der Waals surface area contributed by atoms with Crippen molar-refractivity contribution < 1.29 is 14.7 Å². The summed E-state index contributed by atoms with van der Waals surface area (Å²) in [4.78, 5) is 25.7. The van der Waals surface area contributed by atoms with E-state index in [9.17, 15) is 9.59 Å². The molecule has 1 rings (SSSR count). The Morgan fingerprint density at radius 2 is 1.87 bits per heavy atom.